The summed E-state index contributed by atoms with van der Waals surface area (Å²) in [5, 5.41) is 13.9. The molecule has 0 aromatic heterocycles. The number of hydrogen-bond donors (Lipinski definition) is 2. The van der Waals surface area contributed by atoms with Gasteiger partial charge in [0.2, 0.25) is 0 Å². The molecule has 3 nitrogen and oxygen atoms in total. The number of nitrogens with one attached hydrogen (secondary N) is 2. The number of nitrogens with zero attached hydrogens (tertiary/aromatic N) is 1. The van der Waals surface area contributed by atoms with Crippen molar-refractivity contribution in [3.63, 3.8) is 0 Å². The molecular formula is C59H47N3. The van der Waals surface area contributed by atoms with Crippen LogP contribution in [0, 0.1) is 5.41 Å². The van der Waals surface area contributed by atoms with Crippen molar-refractivity contribution in [1.29, 1.82) is 5.41 Å². The van der Waals surface area contributed by atoms with E-state index in [4.69, 9.17) is 0 Å². The molecule has 0 fully saturated rings. The molecule has 0 bridgehead atoms. The lowest BCUT2D eigenvalue weighted by molar-refractivity contribution is 0.660. The largest absolute Gasteiger partial charge is 0.354 e. The first-order valence-electron chi connectivity index (χ1n) is 21.6. The van der Waals surface area contributed by atoms with Gasteiger partial charge in [-0.05, 0) is 80.4 Å². The summed E-state index contributed by atoms with van der Waals surface area (Å²) >= 11 is 0. The zero-order chi connectivity index (χ0) is 42.2. The molecular weight excluding hydrogens is 751 g/mol. The van der Waals surface area contributed by atoms with Crippen molar-refractivity contribution in [2.75, 3.05) is 4.90 Å². The topological polar surface area (TPSA) is 39.1 Å². The molecule has 0 unspecified atom stereocenters. The van der Waals surface area contributed by atoms with Crippen molar-refractivity contribution in [3.8, 4) is 22.3 Å². The molecule has 0 spiro atoms. The van der Waals surface area contributed by atoms with Crippen LogP contribution in [0.4, 0.5) is 17.1 Å². The first-order valence-corrected chi connectivity index (χ1v) is 21.6. The fraction of sp³-hybridized carbons (Fsp3) is 0.102. The molecule has 0 amide bonds. The molecule has 3 aliphatic rings. The Hall–Kier alpha value is -7.49. The second-order valence-electron chi connectivity index (χ2n) is 17.8. The number of allylic oxidation sites excluding steroid dienone is 1. The minimum Gasteiger partial charge on any atom is -0.354 e. The first kappa shape index (κ1) is 37.5. The molecule has 8 aromatic carbocycles. The smallest absolute Gasteiger partial charge is 0.0711 e. The Morgan fingerprint density at radius 1 is 0.468 bits per heavy atom. The maximum atomic E-state index is 9.93. The lowest BCUT2D eigenvalue weighted by Crippen LogP contribution is -2.21. The fourth-order valence-electron chi connectivity index (χ4n) is 10.4. The van der Waals surface area contributed by atoms with Gasteiger partial charge < -0.3 is 10.2 Å². The third-order valence-electron chi connectivity index (χ3n) is 13.5. The molecule has 1 heterocycles. The summed E-state index contributed by atoms with van der Waals surface area (Å²) < 4.78 is 0. The molecule has 298 valence electrons. The van der Waals surface area contributed by atoms with Gasteiger partial charge in [-0.25, -0.2) is 0 Å². The molecule has 1 aliphatic heterocycles. The van der Waals surface area contributed by atoms with Crippen molar-refractivity contribution in [1.82, 2.24) is 5.32 Å². The maximum Gasteiger partial charge on any atom is 0.0711 e. The second-order valence-corrected chi connectivity index (χ2v) is 17.8. The molecule has 2 N–H and O–H groups in total. The van der Waals surface area contributed by atoms with E-state index in [1.807, 2.05) is 36.4 Å². The zero-order valence-electron chi connectivity index (χ0n) is 35.5. The van der Waals surface area contributed by atoms with Crippen LogP contribution in [0.1, 0.15) is 77.8 Å². The average Bonchev–Trinajstić information content (AvgIpc) is 3.70. The molecule has 62 heavy (non-hydrogen) atoms. The van der Waals surface area contributed by atoms with Gasteiger partial charge in [0, 0.05) is 50.0 Å². The predicted octanol–water partition coefficient (Wildman–Crippen LogP) is 14.8. The number of rotatable bonds is 7. The van der Waals surface area contributed by atoms with Crippen LogP contribution in [-0.2, 0) is 10.8 Å². The summed E-state index contributed by atoms with van der Waals surface area (Å²) in [5.41, 5.74) is 21.7. The van der Waals surface area contributed by atoms with Crippen molar-refractivity contribution in [3.05, 3.63) is 244 Å². The van der Waals surface area contributed by atoms with Crippen molar-refractivity contribution < 1.29 is 0 Å². The lowest BCUT2D eigenvalue weighted by atomic mass is 9.82. The van der Waals surface area contributed by atoms with E-state index in [0.29, 0.717) is 5.71 Å². The molecule has 3 heteroatoms. The highest BCUT2D eigenvalue weighted by atomic mass is 15.1. The van der Waals surface area contributed by atoms with Crippen LogP contribution >= 0.6 is 0 Å². The molecule has 0 atom stereocenters. The monoisotopic (exact) mass is 797 g/mol. The van der Waals surface area contributed by atoms with E-state index in [1.165, 1.54) is 44.5 Å². The first-order chi connectivity index (χ1) is 30.2. The Bertz CT molecular complexity index is 3040. The van der Waals surface area contributed by atoms with Gasteiger partial charge in [0.05, 0.1) is 22.8 Å². The van der Waals surface area contributed by atoms with E-state index in [9.17, 15) is 5.41 Å². The molecule has 8 aromatic rings. The minimum atomic E-state index is -0.169. The van der Waals surface area contributed by atoms with Crippen LogP contribution in [0.3, 0.4) is 0 Å². The van der Waals surface area contributed by atoms with E-state index in [1.54, 1.807) is 0 Å². The molecule has 11 rings (SSSR count). The third-order valence-corrected chi connectivity index (χ3v) is 13.5. The average molecular weight is 798 g/mol. The molecule has 0 saturated carbocycles. The van der Waals surface area contributed by atoms with Crippen molar-refractivity contribution in [2.24, 2.45) is 0 Å². The van der Waals surface area contributed by atoms with Gasteiger partial charge in [-0.1, -0.05) is 198 Å². The van der Waals surface area contributed by atoms with Gasteiger partial charge in [-0.15, -0.1) is 0 Å². The van der Waals surface area contributed by atoms with Crippen LogP contribution in [0.5, 0.6) is 0 Å². The van der Waals surface area contributed by atoms with Crippen LogP contribution in [0.25, 0.3) is 45.3 Å². The van der Waals surface area contributed by atoms with Crippen molar-refractivity contribution >= 4 is 45.8 Å². The van der Waals surface area contributed by atoms with E-state index in [-0.39, 0.29) is 10.8 Å². The summed E-state index contributed by atoms with van der Waals surface area (Å²) in [6.45, 7) is 9.43. The normalized spacial score (nSPS) is 15.5. The Morgan fingerprint density at radius 3 is 1.52 bits per heavy atom. The maximum absolute atomic E-state index is 9.93. The van der Waals surface area contributed by atoms with Gasteiger partial charge in [0.25, 0.3) is 0 Å². The Balaban J connectivity index is 1.23. The third kappa shape index (κ3) is 5.76. The van der Waals surface area contributed by atoms with Crippen LogP contribution in [0.2, 0.25) is 0 Å². The van der Waals surface area contributed by atoms with E-state index in [2.05, 4.69) is 202 Å². The fourth-order valence-corrected chi connectivity index (χ4v) is 10.4. The Labute approximate surface area is 364 Å². The zero-order valence-corrected chi connectivity index (χ0v) is 35.5. The number of benzene rings is 8. The standard InChI is InChI=1S/C59H47N3/c1-58(2)46-28-16-14-26-43(46)54-48(58)30-18-32-51(54)62(52-33-19-31-49-55(52)44-27-15-17-29-47(44)59(49,3)4)42-35-34-41-36-50(38-20-8-5-9-21-38)61-57(45(41)37-42)53(39-22-10-6-11-23-39)56(60)40-24-12-7-13-25-40/h5-37,60-61H,1-4H3/b57-53-,60-56?. The van der Waals surface area contributed by atoms with E-state index >= 15 is 0 Å². The SMILES string of the molecule is CC1(C)c2ccccc2-c2c(N(c3ccc4c(c3)/C(=C(/C(=N)c3ccccc3)c3ccccc3)NC(c3ccccc3)=C4)c3cccc4c3-c3ccccc3C4(C)C)cccc21. The Morgan fingerprint density at radius 2 is 0.952 bits per heavy atom. The summed E-state index contributed by atoms with van der Waals surface area (Å²) in [7, 11) is 0. The highest BCUT2D eigenvalue weighted by Gasteiger charge is 2.41. The summed E-state index contributed by atoms with van der Waals surface area (Å²) in [6, 6.07) is 69.6. The van der Waals surface area contributed by atoms with Gasteiger partial charge in [0.1, 0.15) is 0 Å². The van der Waals surface area contributed by atoms with E-state index in [0.717, 1.165) is 61.8 Å². The van der Waals surface area contributed by atoms with Crippen LogP contribution in [-0.4, -0.2) is 5.71 Å². The van der Waals surface area contributed by atoms with E-state index < -0.39 is 0 Å². The summed E-state index contributed by atoms with van der Waals surface area (Å²) in [5.74, 6) is 0. The summed E-state index contributed by atoms with van der Waals surface area (Å²) in [4.78, 5) is 2.52. The predicted molar refractivity (Wildman–Crippen MR) is 260 cm³/mol. The second kappa shape index (κ2) is 14.3. The molecule has 0 radical (unpaired) electrons. The highest BCUT2D eigenvalue weighted by Crippen LogP contribution is 2.58. The quantitative estimate of drug-likeness (QED) is 0.158. The highest BCUT2D eigenvalue weighted by molar-refractivity contribution is 6.36. The lowest BCUT2D eigenvalue weighted by Gasteiger charge is -2.33. The summed E-state index contributed by atoms with van der Waals surface area (Å²) in [6.07, 6.45) is 2.26. The molecule has 2 aliphatic carbocycles. The number of hydrogen-bond acceptors (Lipinski definition) is 3. The van der Waals surface area contributed by atoms with Gasteiger partial charge in [-0.2, -0.15) is 0 Å². The van der Waals surface area contributed by atoms with Gasteiger partial charge in [0.15, 0.2) is 0 Å². The molecule has 0 saturated heterocycles. The minimum absolute atomic E-state index is 0.169. The van der Waals surface area contributed by atoms with Crippen molar-refractivity contribution in [2.45, 2.75) is 38.5 Å². The Kier molecular flexibility index (Phi) is 8.66. The van der Waals surface area contributed by atoms with Gasteiger partial charge in [-0.3, -0.25) is 5.41 Å². The van der Waals surface area contributed by atoms with Crippen LogP contribution < -0.4 is 10.2 Å². The number of anilines is 3. The van der Waals surface area contributed by atoms with Crippen LogP contribution in [0.15, 0.2) is 194 Å². The number of fused-ring (bicyclic) bond motifs is 7. The van der Waals surface area contributed by atoms with Gasteiger partial charge >= 0.3 is 0 Å².